The number of hydrogen-bond donors (Lipinski definition) is 2. The van der Waals surface area contributed by atoms with Crippen molar-refractivity contribution in [3.63, 3.8) is 0 Å². The van der Waals surface area contributed by atoms with E-state index in [0.717, 1.165) is 0 Å². The van der Waals surface area contributed by atoms with Gasteiger partial charge in [0.15, 0.2) is 5.82 Å². The fourth-order valence-corrected chi connectivity index (χ4v) is 1.55. The van der Waals surface area contributed by atoms with Crippen LogP contribution in [0.25, 0.3) is 0 Å². The van der Waals surface area contributed by atoms with Gasteiger partial charge >= 0.3 is 0 Å². The molecule has 1 aromatic carbocycles. The lowest BCUT2D eigenvalue weighted by Crippen LogP contribution is -2.23. The third-order valence-corrected chi connectivity index (χ3v) is 2.40. The Morgan fingerprint density at radius 3 is 2.89 bits per heavy atom. The molecule has 19 heavy (non-hydrogen) atoms. The third-order valence-electron chi connectivity index (χ3n) is 2.40. The van der Waals surface area contributed by atoms with E-state index in [2.05, 4.69) is 15.5 Å². The Morgan fingerprint density at radius 2 is 2.26 bits per heavy atom. The fourth-order valence-electron chi connectivity index (χ4n) is 1.55. The molecule has 2 rings (SSSR count). The van der Waals surface area contributed by atoms with Gasteiger partial charge in [-0.1, -0.05) is 5.16 Å². The molecule has 7 heteroatoms. The van der Waals surface area contributed by atoms with Gasteiger partial charge in [-0.15, -0.1) is 0 Å². The summed E-state index contributed by atoms with van der Waals surface area (Å²) in [6, 6.07) is 4.81. The predicted octanol–water partition coefficient (Wildman–Crippen LogP) is 0.899. The van der Waals surface area contributed by atoms with Gasteiger partial charge < -0.3 is 20.3 Å². The standard InChI is InChI=1S/C12H14N4O3/c1-7-15-11(16-19-7)6-14-12(17)8-3-9(13)5-10(4-8)18-2/h3-5H,6,13H2,1-2H3,(H,14,17). The highest BCUT2D eigenvalue weighted by Crippen LogP contribution is 2.18. The zero-order valence-electron chi connectivity index (χ0n) is 10.6. The minimum absolute atomic E-state index is 0.188. The molecular weight excluding hydrogens is 248 g/mol. The van der Waals surface area contributed by atoms with E-state index in [-0.39, 0.29) is 12.5 Å². The fraction of sp³-hybridized carbons (Fsp3) is 0.250. The molecule has 1 aromatic heterocycles. The van der Waals surface area contributed by atoms with Crippen molar-refractivity contribution < 1.29 is 14.1 Å². The van der Waals surface area contributed by atoms with Crippen LogP contribution in [0.1, 0.15) is 22.1 Å². The molecule has 0 radical (unpaired) electrons. The average molecular weight is 262 g/mol. The van der Waals surface area contributed by atoms with Crippen molar-refractivity contribution in [3.05, 3.63) is 35.5 Å². The highest BCUT2D eigenvalue weighted by molar-refractivity contribution is 5.95. The smallest absolute Gasteiger partial charge is 0.251 e. The minimum atomic E-state index is -0.284. The molecule has 0 atom stereocenters. The van der Waals surface area contributed by atoms with E-state index in [1.54, 1.807) is 25.1 Å². The highest BCUT2D eigenvalue weighted by atomic mass is 16.5. The number of carbonyl (C=O) groups is 1. The Kier molecular flexibility index (Phi) is 3.65. The summed E-state index contributed by atoms with van der Waals surface area (Å²) >= 11 is 0. The second kappa shape index (κ2) is 5.38. The Bertz CT molecular complexity index is 594. The van der Waals surface area contributed by atoms with Gasteiger partial charge in [0, 0.05) is 24.2 Å². The molecule has 0 aliphatic carbocycles. The number of methoxy groups -OCH3 is 1. The number of hydrogen-bond acceptors (Lipinski definition) is 6. The summed E-state index contributed by atoms with van der Waals surface area (Å²) < 4.78 is 9.86. The molecule has 3 N–H and O–H groups in total. The number of benzene rings is 1. The van der Waals surface area contributed by atoms with E-state index >= 15 is 0 Å². The molecular formula is C12H14N4O3. The van der Waals surface area contributed by atoms with Crippen LogP contribution in [-0.2, 0) is 6.54 Å². The van der Waals surface area contributed by atoms with Crippen molar-refractivity contribution in [3.8, 4) is 5.75 Å². The second-order valence-corrected chi connectivity index (χ2v) is 3.91. The quantitative estimate of drug-likeness (QED) is 0.793. The van der Waals surface area contributed by atoms with Gasteiger partial charge in [0.25, 0.3) is 5.91 Å². The highest BCUT2D eigenvalue weighted by Gasteiger charge is 2.10. The SMILES string of the molecule is COc1cc(N)cc(C(=O)NCc2noc(C)n2)c1. The Hall–Kier alpha value is -2.57. The van der Waals surface area contributed by atoms with Gasteiger partial charge in [-0.25, -0.2) is 0 Å². The number of carbonyl (C=O) groups excluding carboxylic acids is 1. The number of aromatic nitrogens is 2. The van der Waals surface area contributed by atoms with Gasteiger partial charge in [-0.2, -0.15) is 4.98 Å². The van der Waals surface area contributed by atoms with Gasteiger partial charge in [-0.3, -0.25) is 4.79 Å². The summed E-state index contributed by atoms with van der Waals surface area (Å²) in [5, 5.41) is 6.35. The van der Waals surface area contributed by atoms with Gasteiger partial charge in [0.2, 0.25) is 5.89 Å². The molecule has 1 amide bonds. The van der Waals surface area contributed by atoms with E-state index in [0.29, 0.717) is 28.7 Å². The van der Waals surface area contributed by atoms with Crippen molar-refractivity contribution in [1.29, 1.82) is 0 Å². The topological polar surface area (TPSA) is 103 Å². The summed E-state index contributed by atoms with van der Waals surface area (Å²) in [4.78, 5) is 15.9. The Labute approximate surface area is 109 Å². The Balaban J connectivity index is 2.05. The number of aryl methyl sites for hydroxylation is 1. The second-order valence-electron chi connectivity index (χ2n) is 3.91. The number of rotatable bonds is 4. The van der Waals surface area contributed by atoms with E-state index < -0.39 is 0 Å². The molecule has 0 fully saturated rings. The lowest BCUT2D eigenvalue weighted by atomic mass is 10.1. The molecule has 0 aliphatic rings. The van der Waals surface area contributed by atoms with Crippen LogP contribution in [0.15, 0.2) is 22.7 Å². The third kappa shape index (κ3) is 3.21. The molecule has 0 saturated heterocycles. The number of nitrogens with zero attached hydrogens (tertiary/aromatic N) is 2. The molecule has 0 aliphatic heterocycles. The van der Waals surface area contributed by atoms with Crippen molar-refractivity contribution in [2.45, 2.75) is 13.5 Å². The number of nitrogens with two attached hydrogens (primary N) is 1. The van der Waals surface area contributed by atoms with Gasteiger partial charge in [-0.05, 0) is 12.1 Å². The van der Waals surface area contributed by atoms with Crippen LogP contribution in [0, 0.1) is 6.92 Å². The van der Waals surface area contributed by atoms with E-state index in [1.165, 1.54) is 7.11 Å². The maximum Gasteiger partial charge on any atom is 0.251 e. The minimum Gasteiger partial charge on any atom is -0.497 e. The van der Waals surface area contributed by atoms with Crippen LogP contribution in [0.5, 0.6) is 5.75 Å². The first-order chi connectivity index (χ1) is 9.08. The summed E-state index contributed by atoms with van der Waals surface area (Å²) in [6.45, 7) is 1.87. The average Bonchev–Trinajstić information content (AvgIpc) is 2.81. The number of nitrogen functional groups attached to an aromatic ring is 1. The monoisotopic (exact) mass is 262 g/mol. The number of nitrogens with one attached hydrogen (secondary N) is 1. The van der Waals surface area contributed by atoms with Crippen LogP contribution >= 0.6 is 0 Å². The van der Waals surface area contributed by atoms with Crippen molar-refractivity contribution >= 4 is 11.6 Å². The molecule has 0 saturated carbocycles. The normalized spacial score (nSPS) is 10.2. The zero-order valence-corrected chi connectivity index (χ0v) is 10.6. The lowest BCUT2D eigenvalue weighted by Gasteiger charge is -2.06. The summed E-state index contributed by atoms with van der Waals surface area (Å²) in [7, 11) is 1.51. The summed E-state index contributed by atoms with van der Waals surface area (Å²) in [5.74, 6) is 1.12. The molecule has 100 valence electrons. The first-order valence-electron chi connectivity index (χ1n) is 5.60. The molecule has 1 heterocycles. The largest absolute Gasteiger partial charge is 0.497 e. The number of amides is 1. The number of anilines is 1. The molecule has 2 aromatic rings. The van der Waals surface area contributed by atoms with Crippen LogP contribution in [0.3, 0.4) is 0 Å². The molecule has 0 unspecified atom stereocenters. The molecule has 0 spiro atoms. The van der Waals surface area contributed by atoms with E-state index in [9.17, 15) is 4.79 Å². The van der Waals surface area contributed by atoms with Crippen molar-refractivity contribution in [2.24, 2.45) is 0 Å². The lowest BCUT2D eigenvalue weighted by molar-refractivity contribution is 0.0949. The molecule has 7 nitrogen and oxygen atoms in total. The van der Waals surface area contributed by atoms with Gasteiger partial charge in [0.1, 0.15) is 5.75 Å². The first kappa shape index (κ1) is 12.9. The van der Waals surface area contributed by atoms with Gasteiger partial charge in [0.05, 0.1) is 13.7 Å². The first-order valence-corrected chi connectivity index (χ1v) is 5.60. The van der Waals surface area contributed by atoms with Crippen molar-refractivity contribution in [1.82, 2.24) is 15.5 Å². The number of ether oxygens (including phenoxy) is 1. The van der Waals surface area contributed by atoms with E-state index in [1.807, 2.05) is 0 Å². The summed E-state index contributed by atoms with van der Waals surface area (Å²) in [6.07, 6.45) is 0. The van der Waals surface area contributed by atoms with Crippen LogP contribution in [0.4, 0.5) is 5.69 Å². The maximum atomic E-state index is 11.9. The van der Waals surface area contributed by atoms with Crippen LogP contribution in [0.2, 0.25) is 0 Å². The van der Waals surface area contributed by atoms with E-state index in [4.69, 9.17) is 15.0 Å². The van der Waals surface area contributed by atoms with Crippen molar-refractivity contribution in [2.75, 3.05) is 12.8 Å². The zero-order chi connectivity index (χ0) is 13.8. The Morgan fingerprint density at radius 1 is 1.47 bits per heavy atom. The summed E-state index contributed by atoms with van der Waals surface area (Å²) in [5.41, 5.74) is 6.56. The molecule has 0 bridgehead atoms. The van der Waals surface area contributed by atoms with Crippen LogP contribution in [-0.4, -0.2) is 23.2 Å². The predicted molar refractivity (Wildman–Crippen MR) is 67.6 cm³/mol. The van der Waals surface area contributed by atoms with Crippen LogP contribution < -0.4 is 15.8 Å². The maximum absolute atomic E-state index is 11.9.